The Morgan fingerprint density at radius 1 is 1.13 bits per heavy atom. The van der Waals surface area contributed by atoms with Gasteiger partial charge in [-0.15, -0.1) is 0 Å². The number of hydrogen-bond acceptors (Lipinski definition) is 1. The fraction of sp³-hybridized carbons (Fsp3) is 1.00. The van der Waals surface area contributed by atoms with Crippen LogP contribution in [0.3, 0.4) is 0 Å². The van der Waals surface area contributed by atoms with Crippen molar-refractivity contribution >= 4 is 8.32 Å². The van der Waals surface area contributed by atoms with E-state index in [1.165, 1.54) is 32.1 Å². The normalized spacial score (nSPS) is 23.8. The molecule has 15 heavy (non-hydrogen) atoms. The van der Waals surface area contributed by atoms with Crippen molar-refractivity contribution in [2.45, 2.75) is 76.9 Å². The summed E-state index contributed by atoms with van der Waals surface area (Å²) < 4.78 is 6.27. The molecule has 1 unspecified atom stereocenters. The second kappa shape index (κ2) is 5.01. The zero-order valence-electron chi connectivity index (χ0n) is 11.2. The predicted molar refractivity (Wildman–Crippen MR) is 69.8 cm³/mol. The highest BCUT2D eigenvalue weighted by molar-refractivity contribution is 6.76. The zero-order chi connectivity index (χ0) is 11.5. The molecule has 0 radical (unpaired) electrons. The lowest BCUT2D eigenvalue weighted by molar-refractivity contribution is 0.278. The standard InChI is InChI=1S/C13H28OSi/c1-6-14-15(5,13(2,3)4)12-10-8-7-9-11-12/h12H,6-11H2,1-5H3. The van der Waals surface area contributed by atoms with Crippen LogP contribution in [0.25, 0.3) is 0 Å². The molecule has 0 spiro atoms. The quantitative estimate of drug-likeness (QED) is 0.634. The molecule has 2 heteroatoms. The van der Waals surface area contributed by atoms with Gasteiger partial charge in [0.25, 0.3) is 0 Å². The number of rotatable bonds is 3. The van der Waals surface area contributed by atoms with E-state index in [2.05, 4.69) is 34.2 Å². The Bertz CT molecular complexity index is 191. The molecule has 1 saturated carbocycles. The molecule has 1 rings (SSSR count). The summed E-state index contributed by atoms with van der Waals surface area (Å²) in [5.41, 5.74) is 0.895. The summed E-state index contributed by atoms with van der Waals surface area (Å²) in [5.74, 6) is 0. The molecule has 1 aliphatic carbocycles. The Kier molecular flexibility index (Phi) is 4.42. The van der Waals surface area contributed by atoms with Crippen LogP contribution in [0.1, 0.15) is 59.8 Å². The van der Waals surface area contributed by atoms with Gasteiger partial charge in [0.1, 0.15) is 0 Å². The first-order valence-electron chi connectivity index (χ1n) is 6.56. The highest BCUT2D eigenvalue weighted by atomic mass is 28.4. The second-order valence-corrected chi connectivity index (χ2v) is 10.9. The van der Waals surface area contributed by atoms with E-state index in [-0.39, 0.29) is 0 Å². The molecular formula is C13H28OSi. The van der Waals surface area contributed by atoms with Gasteiger partial charge in [-0.25, -0.2) is 0 Å². The first kappa shape index (κ1) is 13.2. The van der Waals surface area contributed by atoms with Crippen molar-refractivity contribution in [3.05, 3.63) is 0 Å². The maximum atomic E-state index is 6.27. The van der Waals surface area contributed by atoms with Crippen LogP contribution in [0.4, 0.5) is 0 Å². The fourth-order valence-electron chi connectivity index (χ4n) is 2.90. The van der Waals surface area contributed by atoms with Gasteiger partial charge in [0.15, 0.2) is 8.32 Å². The van der Waals surface area contributed by atoms with Crippen LogP contribution in [-0.2, 0) is 4.43 Å². The maximum absolute atomic E-state index is 6.27. The van der Waals surface area contributed by atoms with E-state index < -0.39 is 8.32 Å². The third-order valence-corrected chi connectivity index (χ3v) is 10.3. The van der Waals surface area contributed by atoms with Crippen LogP contribution in [0.5, 0.6) is 0 Å². The predicted octanol–water partition coefficient (Wildman–Crippen LogP) is 4.73. The second-order valence-electron chi connectivity index (χ2n) is 6.12. The van der Waals surface area contributed by atoms with Gasteiger partial charge < -0.3 is 4.43 Å². The summed E-state index contributed by atoms with van der Waals surface area (Å²) in [7, 11) is -1.55. The lowest BCUT2D eigenvalue weighted by Crippen LogP contribution is -2.49. The van der Waals surface area contributed by atoms with E-state index >= 15 is 0 Å². The highest BCUT2D eigenvalue weighted by Gasteiger charge is 2.48. The molecule has 1 nitrogen and oxygen atoms in total. The minimum absolute atomic E-state index is 0.380. The fourth-order valence-corrected chi connectivity index (χ4v) is 6.90. The Balaban J connectivity index is 2.79. The van der Waals surface area contributed by atoms with Crippen molar-refractivity contribution < 1.29 is 4.43 Å². The smallest absolute Gasteiger partial charge is 0.198 e. The van der Waals surface area contributed by atoms with Crippen LogP contribution in [0, 0.1) is 0 Å². The lowest BCUT2D eigenvalue weighted by Gasteiger charge is -2.46. The van der Waals surface area contributed by atoms with Crippen molar-refractivity contribution in [1.29, 1.82) is 0 Å². The van der Waals surface area contributed by atoms with Gasteiger partial charge in [-0.1, -0.05) is 52.9 Å². The van der Waals surface area contributed by atoms with Gasteiger partial charge in [-0.05, 0) is 24.1 Å². The van der Waals surface area contributed by atoms with Crippen LogP contribution in [-0.4, -0.2) is 14.9 Å². The molecule has 90 valence electrons. The van der Waals surface area contributed by atoms with Gasteiger partial charge in [0, 0.05) is 6.61 Å². The third kappa shape index (κ3) is 2.85. The summed E-state index contributed by atoms with van der Waals surface area (Å²) >= 11 is 0. The summed E-state index contributed by atoms with van der Waals surface area (Å²) in [5, 5.41) is 0.380. The van der Waals surface area contributed by atoms with Crippen molar-refractivity contribution in [3.63, 3.8) is 0 Å². The lowest BCUT2D eigenvalue weighted by atomic mass is 10.0. The van der Waals surface area contributed by atoms with E-state index in [0.717, 1.165) is 12.1 Å². The third-order valence-electron chi connectivity index (χ3n) is 4.32. The SMILES string of the molecule is CCO[Si](C)(C1CCCCC1)C(C)(C)C. The highest BCUT2D eigenvalue weighted by Crippen LogP contribution is 2.49. The monoisotopic (exact) mass is 228 g/mol. The van der Waals surface area contributed by atoms with Crippen LogP contribution < -0.4 is 0 Å². The minimum Gasteiger partial charge on any atom is -0.417 e. The molecule has 0 bridgehead atoms. The van der Waals surface area contributed by atoms with Crippen molar-refractivity contribution in [2.75, 3.05) is 6.61 Å². The van der Waals surface area contributed by atoms with Gasteiger partial charge in [0.2, 0.25) is 0 Å². The average Bonchev–Trinajstić information content (AvgIpc) is 2.18. The summed E-state index contributed by atoms with van der Waals surface area (Å²) in [6, 6.07) is 0. The Morgan fingerprint density at radius 3 is 2.07 bits per heavy atom. The van der Waals surface area contributed by atoms with Gasteiger partial charge in [-0.2, -0.15) is 0 Å². The van der Waals surface area contributed by atoms with Crippen LogP contribution >= 0.6 is 0 Å². The van der Waals surface area contributed by atoms with Crippen molar-refractivity contribution in [2.24, 2.45) is 0 Å². The molecule has 0 saturated heterocycles. The topological polar surface area (TPSA) is 9.23 Å². The molecule has 1 atom stereocenters. The average molecular weight is 228 g/mol. The van der Waals surface area contributed by atoms with E-state index in [4.69, 9.17) is 4.43 Å². The van der Waals surface area contributed by atoms with E-state index in [1.54, 1.807) is 0 Å². The van der Waals surface area contributed by atoms with E-state index in [0.29, 0.717) is 5.04 Å². The molecule has 0 heterocycles. The molecule has 0 aliphatic heterocycles. The molecule has 0 amide bonds. The molecule has 0 aromatic rings. The summed E-state index contributed by atoms with van der Waals surface area (Å²) in [4.78, 5) is 0. The van der Waals surface area contributed by atoms with Gasteiger partial charge >= 0.3 is 0 Å². The summed E-state index contributed by atoms with van der Waals surface area (Å²) in [6.45, 7) is 12.7. The van der Waals surface area contributed by atoms with Crippen molar-refractivity contribution in [1.82, 2.24) is 0 Å². The van der Waals surface area contributed by atoms with Gasteiger partial charge in [0.05, 0.1) is 0 Å². The largest absolute Gasteiger partial charge is 0.417 e. The first-order chi connectivity index (χ1) is 6.92. The minimum atomic E-state index is -1.55. The molecule has 1 aliphatic rings. The summed E-state index contributed by atoms with van der Waals surface area (Å²) in [6.07, 6.45) is 7.13. The number of hydrogen-bond donors (Lipinski definition) is 0. The van der Waals surface area contributed by atoms with Gasteiger partial charge in [-0.3, -0.25) is 0 Å². The van der Waals surface area contributed by atoms with Crippen LogP contribution in [0.15, 0.2) is 0 Å². The maximum Gasteiger partial charge on any atom is 0.198 e. The van der Waals surface area contributed by atoms with E-state index in [9.17, 15) is 0 Å². The molecule has 1 fully saturated rings. The van der Waals surface area contributed by atoms with E-state index in [1.807, 2.05) is 0 Å². The zero-order valence-corrected chi connectivity index (χ0v) is 12.2. The first-order valence-corrected chi connectivity index (χ1v) is 9.04. The molecule has 0 aromatic heterocycles. The van der Waals surface area contributed by atoms with Crippen LogP contribution in [0.2, 0.25) is 17.1 Å². The Hall–Kier alpha value is 0.177. The molecular weight excluding hydrogens is 200 g/mol. The Labute approximate surface area is 96.7 Å². The Morgan fingerprint density at radius 2 is 1.67 bits per heavy atom. The molecule has 0 aromatic carbocycles. The van der Waals surface area contributed by atoms with Crippen molar-refractivity contribution in [3.8, 4) is 0 Å². The molecule has 0 N–H and O–H groups in total.